The van der Waals surface area contributed by atoms with Crippen molar-refractivity contribution in [3.8, 4) is 0 Å². The molecule has 1 radical (unpaired) electrons. The number of hydrogen-bond acceptors (Lipinski definition) is 6. The molecular weight excluding hydrogens is 227 g/mol. The number of esters is 2. The Morgan fingerprint density at radius 1 is 0.941 bits per heavy atom. The average molecular weight is 243 g/mol. The zero-order valence-corrected chi connectivity index (χ0v) is 10.3. The fourth-order valence-electron chi connectivity index (χ4n) is 1.25. The fraction of sp³-hybridized carbons (Fsp3) is 0.800. The minimum atomic E-state index is -1.09. The van der Waals surface area contributed by atoms with Crippen LogP contribution in [0.3, 0.4) is 0 Å². The molecule has 0 N–H and O–H groups in total. The SMILES string of the molecule is CC(C)OC(=O)C1O[B]OC1C(=O)OC(C)C. The first kappa shape index (κ1) is 14.0. The van der Waals surface area contributed by atoms with Crippen molar-refractivity contribution in [1.29, 1.82) is 0 Å². The van der Waals surface area contributed by atoms with Crippen LogP contribution < -0.4 is 0 Å². The Morgan fingerprint density at radius 3 is 1.59 bits per heavy atom. The summed E-state index contributed by atoms with van der Waals surface area (Å²) in [6.07, 6.45) is -2.76. The Balaban J connectivity index is 2.59. The maximum atomic E-state index is 11.6. The molecule has 0 aromatic heterocycles. The summed E-state index contributed by atoms with van der Waals surface area (Å²) in [6.45, 7) is 6.83. The third kappa shape index (κ3) is 4.01. The van der Waals surface area contributed by atoms with E-state index in [1.165, 1.54) is 0 Å². The van der Waals surface area contributed by atoms with Crippen LogP contribution in [0.25, 0.3) is 0 Å². The minimum absolute atomic E-state index is 0.284. The van der Waals surface area contributed by atoms with E-state index in [0.717, 1.165) is 7.69 Å². The molecule has 17 heavy (non-hydrogen) atoms. The van der Waals surface area contributed by atoms with Crippen LogP contribution in [0.15, 0.2) is 0 Å². The van der Waals surface area contributed by atoms with Crippen LogP contribution in [0.4, 0.5) is 0 Å². The third-order valence-corrected chi connectivity index (χ3v) is 1.85. The number of carbonyl (C=O) groups excluding carboxylic acids is 2. The second-order valence-electron chi connectivity index (χ2n) is 4.18. The maximum Gasteiger partial charge on any atom is 0.489 e. The summed E-state index contributed by atoms with van der Waals surface area (Å²) >= 11 is 0. The minimum Gasteiger partial charge on any atom is -0.461 e. The Bertz CT molecular complexity index is 263. The van der Waals surface area contributed by atoms with Crippen molar-refractivity contribution in [2.24, 2.45) is 0 Å². The number of rotatable bonds is 4. The van der Waals surface area contributed by atoms with Gasteiger partial charge in [-0.25, -0.2) is 9.59 Å². The lowest BCUT2D eigenvalue weighted by atomic mass is 10.2. The van der Waals surface area contributed by atoms with Gasteiger partial charge in [0.05, 0.1) is 12.2 Å². The van der Waals surface area contributed by atoms with Crippen molar-refractivity contribution in [2.45, 2.75) is 52.1 Å². The molecule has 0 spiro atoms. The normalized spacial score (nSPS) is 23.6. The molecule has 1 saturated heterocycles. The van der Waals surface area contributed by atoms with E-state index >= 15 is 0 Å². The van der Waals surface area contributed by atoms with Gasteiger partial charge in [0.25, 0.3) is 0 Å². The Hall–Kier alpha value is -1.08. The Labute approximate surface area is 101 Å². The Kier molecular flexibility index (Phi) is 4.95. The van der Waals surface area contributed by atoms with E-state index in [0.29, 0.717) is 0 Å². The summed E-state index contributed by atoms with van der Waals surface area (Å²) in [5, 5.41) is 0. The van der Waals surface area contributed by atoms with Crippen molar-refractivity contribution in [3.63, 3.8) is 0 Å². The van der Waals surface area contributed by atoms with Gasteiger partial charge in [0, 0.05) is 0 Å². The van der Waals surface area contributed by atoms with Gasteiger partial charge in [-0.3, -0.25) is 0 Å². The van der Waals surface area contributed by atoms with E-state index in [1.54, 1.807) is 27.7 Å². The van der Waals surface area contributed by atoms with E-state index in [2.05, 4.69) is 0 Å². The first-order valence-corrected chi connectivity index (χ1v) is 5.45. The predicted octanol–water partition coefficient (Wildman–Crippen LogP) is 0.208. The van der Waals surface area contributed by atoms with Gasteiger partial charge in [0.15, 0.2) is 12.2 Å². The second kappa shape index (κ2) is 6.02. The average Bonchev–Trinajstić information content (AvgIpc) is 2.63. The van der Waals surface area contributed by atoms with Crippen LogP contribution in [-0.2, 0) is 28.4 Å². The molecule has 0 aromatic carbocycles. The summed E-state index contributed by atoms with van der Waals surface area (Å²) in [5.41, 5.74) is 0. The highest BCUT2D eigenvalue weighted by Crippen LogP contribution is 2.16. The molecular formula is C10H16BO6. The van der Waals surface area contributed by atoms with E-state index < -0.39 is 24.1 Å². The van der Waals surface area contributed by atoms with Crippen LogP contribution in [0.5, 0.6) is 0 Å². The van der Waals surface area contributed by atoms with Gasteiger partial charge in [0.2, 0.25) is 0 Å². The highest BCUT2D eigenvalue weighted by Gasteiger charge is 2.43. The summed E-state index contributed by atoms with van der Waals surface area (Å²) in [7, 11) is 0.957. The lowest BCUT2D eigenvalue weighted by Gasteiger charge is -2.18. The quantitative estimate of drug-likeness (QED) is 0.519. The van der Waals surface area contributed by atoms with Crippen molar-refractivity contribution in [3.05, 3.63) is 0 Å². The van der Waals surface area contributed by atoms with Crippen LogP contribution in [-0.4, -0.2) is 44.0 Å². The van der Waals surface area contributed by atoms with Crippen molar-refractivity contribution in [1.82, 2.24) is 0 Å². The number of carbonyl (C=O) groups is 2. The van der Waals surface area contributed by atoms with Crippen LogP contribution in [0.2, 0.25) is 0 Å². The molecule has 1 aliphatic rings. The lowest BCUT2D eigenvalue weighted by Crippen LogP contribution is -2.40. The van der Waals surface area contributed by atoms with E-state index in [4.69, 9.17) is 18.8 Å². The van der Waals surface area contributed by atoms with Gasteiger partial charge in [-0.05, 0) is 27.7 Å². The van der Waals surface area contributed by atoms with E-state index in [9.17, 15) is 9.59 Å². The molecule has 7 heteroatoms. The lowest BCUT2D eigenvalue weighted by molar-refractivity contribution is -0.167. The van der Waals surface area contributed by atoms with Crippen LogP contribution in [0, 0.1) is 0 Å². The van der Waals surface area contributed by atoms with Gasteiger partial charge in [-0.1, -0.05) is 0 Å². The molecule has 6 nitrogen and oxygen atoms in total. The predicted molar refractivity (Wildman–Crippen MR) is 58.0 cm³/mol. The summed E-state index contributed by atoms with van der Waals surface area (Å²) in [4.78, 5) is 23.2. The molecule has 1 aliphatic heterocycles. The van der Waals surface area contributed by atoms with Crippen LogP contribution >= 0.6 is 0 Å². The second-order valence-corrected chi connectivity index (χ2v) is 4.18. The third-order valence-electron chi connectivity index (χ3n) is 1.85. The number of hydrogen-bond donors (Lipinski definition) is 0. The van der Waals surface area contributed by atoms with E-state index in [-0.39, 0.29) is 12.2 Å². The van der Waals surface area contributed by atoms with Crippen molar-refractivity contribution < 1.29 is 28.4 Å². The van der Waals surface area contributed by atoms with Crippen LogP contribution in [0.1, 0.15) is 27.7 Å². The van der Waals surface area contributed by atoms with Crippen molar-refractivity contribution in [2.75, 3.05) is 0 Å². The molecule has 1 rings (SSSR count). The topological polar surface area (TPSA) is 71.1 Å². The zero-order chi connectivity index (χ0) is 13.0. The molecule has 0 bridgehead atoms. The molecule has 1 fully saturated rings. The largest absolute Gasteiger partial charge is 0.489 e. The first-order valence-electron chi connectivity index (χ1n) is 5.45. The van der Waals surface area contributed by atoms with Gasteiger partial charge >= 0.3 is 19.6 Å². The number of ether oxygens (including phenoxy) is 2. The highest BCUT2D eigenvalue weighted by molar-refractivity contribution is 6.21. The smallest absolute Gasteiger partial charge is 0.461 e. The summed E-state index contributed by atoms with van der Waals surface area (Å²) < 4.78 is 19.7. The fourth-order valence-corrected chi connectivity index (χ4v) is 1.25. The maximum absolute atomic E-state index is 11.6. The van der Waals surface area contributed by atoms with Gasteiger partial charge in [0.1, 0.15) is 0 Å². The molecule has 95 valence electrons. The molecule has 2 atom stereocenters. The molecule has 0 aromatic rings. The molecule has 0 saturated carbocycles. The molecule has 1 heterocycles. The molecule has 2 unspecified atom stereocenters. The standard InChI is InChI=1S/C10H16BO6/c1-5(2)14-9(12)7-8(17-11-16-7)10(13)15-6(3)4/h5-8H,1-4H3. The highest BCUT2D eigenvalue weighted by atomic mass is 16.7. The molecule has 0 amide bonds. The monoisotopic (exact) mass is 243 g/mol. The molecule has 0 aliphatic carbocycles. The zero-order valence-electron chi connectivity index (χ0n) is 10.3. The Morgan fingerprint density at radius 2 is 1.29 bits per heavy atom. The van der Waals surface area contributed by atoms with Gasteiger partial charge < -0.3 is 18.8 Å². The van der Waals surface area contributed by atoms with E-state index in [1.807, 2.05) is 0 Å². The first-order chi connectivity index (χ1) is 7.91. The summed E-state index contributed by atoms with van der Waals surface area (Å²) in [5.74, 6) is -1.28. The summed E-state index contributed by atoms with van der Waals surface area (Å²) in [6, 6.07) is 0. The van der Waals surface area contributed by atoms with Gasteiger partial charge in [-0.15, -0.1) is 0 Å². The van der Waals surface area contributed by atoms with Gasteiger partial charge in [-0.2, -0.15) is 0 Å². The van der Waals surface area contributed by atoms with Crippen molar-refractivity contribution >= 4 is 19.6 Å².